The van der Waals surface area contributed by atoms with E-state index in [2.05, 4.69) is 9.97 Å². The maximum absolute atomic E-state index is 12.5. The molecule has 0 radical (unpaired) electrons. The largest absolute Gasteiger partial charge is 0.352 e. The number of hydrogen-bond donors (Lipinski definition) is 0. The molecule has 0 amide bonds. The lowest BCUT2D eigenvalue weighted by Crippen LogP contribution is -2.39. The van der Waals surface area contributed by atoms with Crippen molar-refractivity contribution >= 4 is 11.6 Å². The zero-order chi connectivity index (χ0) is 16.6. The molecule has 7 heteroatoms. The molecule has 2 aliphatic rings. The fourth-order valence-corrected chi connectivity index (χ4v) is 2.59. The second-order valence-corrected chi connectivity index (χ2v) is 5.91. The minimum atomic E-state index is -0.535. The molecule has 6 nitrogen and oxygen atoms in total. The highest BCUT2D eigenvalue weighted by Gasteiger charge is 2.18. The summed E-state index contributed by atoms with van der Waals surface area (Å²) in [5.74, 6) is 0.370. The number of nitrogens with zero attached hydrogens (tertiary/aromatic N) is 4. The van der Waals surface area contributed by atoms with Crippen LogP contribution in [-0.2, 0) is 6.54 Å². The summed E-state index contributed by atoms with van der Waals surface area (Å²) in [5, 5.41) is 0.413. The Bertz CT molecular complexity index is 928. The van der Waals surface area contributed by atoms with Crippen molar-refractivity contribution < 1.29 is 0 Å². The number of pyridine rings is 2. The average Bonchev–Trinajstić information content (AvgIpc) is 2.50. The van der Waals surface area contributed by atoms with Gasteiger partial charge in [0.2, 0.25) is 0 Å². The fraction of sp³-hybridized carbons (Fsp3) is 0.250. The van der Waals surface area contributed by atoms with Crippen LogP contribution >= 0.6 is 11.6 Å². The molecular weight excluding hydrogens is 316 g/mol. The highest BCUT2D eigenvalue weighted by atomic mass is 35.5. The Balaban J connectivity index is 2.14. The van der Waals surface area contributed by atoms with Crippen LogP contribution < -0.4 is 11.2 Å². The van der Waals surface area contributed by atoms with Crippen LogP contribution in [-0.4, -0.2) is 19.1 Å². The lowest BCUT2D eigenvalue weighted by molar-refractivity contribution is 0.542. The maximum Gasteiger partial charge on any atom is 0.352 e. The van der Waals surface area contributed by atoms with Crippen LogP contribution in [0.5, 0.6) is 0 Å². The summed E-state index contributed by atoms with van der Waals surface area (Å²) in [7, 11) is 0. The molecule has 3 rings (SSSR count). The molecule has 2 aliphatic heterocycles. The first-order valence-corrected chi connectivity index (χ1v) is 7.57. The van der Waals surface area contributed by atoms with Gasteiger partial charge in [-0.05, 0) is 37.6 Å². The number of hydrogen-bond acceptors (Lipinski definition) is 4. The smallest absolute Gasteiger partial charge is 0.328 e. The van der Waals surface area contributed by atoms with Crippen molar-refractivity contribution in [2.24, 2.45) is 0 Å². The van der Waals surface area contributed by atoms with Crippen molar-refractivity contribution in [1.82, 2.24) is 19.1 Å². The molecule has 1 aromatic rings. The molecule has 0 spiro atoms. The molecule has 3 heterocycles. The fourth-order valence-electron chi connectivity index (χ4n) is 2.48. The molecule has 0 aromatic carbocycles. The van der Waals surface area contributed by atoms with Crippen LogP contribution in [0, 0.1) is 0 Å². The summed E-state index contributed by atoms with van der Waals surface area (Å²) in [4.78, 5) is 32.8. The van der Waals surface area contributed by atoms with E-state index in [4.69, 9.17) is 11.6 Å². The van der Waals surface area contributed by atoms with Crippen LogP contribution in [0.25, 0.3) is 11.4 Å². The average molecular weight is 331 g/mol. The Morgan fingerprint density at radius 1 is 1.22 bits per heavy atom. The number of rotatable bonds is 3. The molecule has 0 atom stereocenters. The van der Waals surface area contributed by atoms with Crippen molar-refractivity contribution in [3.05, 3.63) is 68.2 Å². The van der Waals surface area contributed by atoms with Gasteiger partial charge >= 0.3 is 5.69 Å². The predicted molar refractivity (Wildman–Crippen MR) is 88.1 cm³/mol. The maximum atomic E-state index is 12.5. The van der Waals surface area contributed by atoms with Gasteiger partial charge in [0.25, 0.3) is 5.56 Å². The summed E-state index contributed by atoms with van der Waals surface area (Å²) in [6.07, 6.45) is 3.43. The summed E-state index contributed by atoms with van der Waals surface area (Å²) in [6.45, 7) is 4.01. The Morgan fingerprint density at radius 3 is 2.65 bits per heavy atom. The molecular formula is C16H15ClN4O2. The SMILES string of the molecule is CC(C)n1c(=O)nc2n(Cc3ccc(Cl)nc3)cccc-2c1=O. The third-order valence-corrected chi connectivity index (χ3v) is 3.78. The van der Waals surface area contributed by atoms with Gasteiger partial charge in [-0.2, -0.15) is 4.98 Å². The van der Waals surface area contributed by atoms with E-state index in [0.717, 1.165) is 10.1 Å². The van der Waals surface area contributed by atoms with E-state index >= 15 is 0 Å². The second kappa shape index (κ2) is 5.96. The third kappa shape index (κ3) is 2.90. The molecule has 0 aliphatic carbocycles. The molecule has 0 N–H and O–H groups in total. The van der Waals surface area contributed by atoms with Crippen molar-refractivity contribution in [1.29, 1.82) is 0 Å². The summed E-state index contributed by atoms with van der Waals surface area (Å²) in [5.41, 5.74) is 0.460. The molecule has 0 unspecified atom stereocenters. The van der Waals surface area contributed by atoms with Gasteiger partial charge in [0.15, 0.2) is 5.82 Å². The summed E-state index contributed by atoms with van der Waals surface area (Å²) >= 11 is 5.78. The van der Waals surface area contributed by atoms with Crippen molar-refractivity contribution in [2.75, 3.05) is 0 Å². The summed E-state index contributed by atoms with van der Waals surface area (Å²) < 4.78 is 2.92. The van der Waals surface area contributed by atoms with Gasteiger partial charge in [-0.1, -0.05) is 17.7 Å². The van der Waals surface area contributed by atoms with E-state index in [9.17, 15) is 9.59 Å². The third-order valence-electron chi connectivity index (χ3n) is 3.56. The van der Waals surface area contributed by atoms with E-state index in [1.807, 2.05) is 6.07 Å². The summed E-state index contributed by atoms with van der Waals surface area (Å²) in [6, 6.07) is 6.75. The minimum Gasteiger partial charge on any atom is -0.328 e. The molecule has 0 saturated carbocycles. The van der Waals surface area contributed by atoms with Crippen molar-refractivity contribution in [3.8, 4) is 11.4 Å². The molecule has 0 saturated heterocycles. The lowest BCUT2D eigenvalue weighted by atomic mass is 10.2. The van der Waals surface area contributed by atoms with Crippen molar-refractivity contribution in [3.63, 3.8) is 0 Å². The normalized spacial score (nSPS) is 11.3. The lowest BCUT2D eigenvalue weighted by Gasteiger charge is -2.16. The molecule has 0 bridgehead atoms. The first-order valence-electron chi connectivity index (χ1n) is 7.19. The van der Waals surface area contributed by atoms with Gasteiger partial charge in [-0.25, -0.2) is 9.78 Å². The van der Waals surface area contributed by atoms with Crippen LogP contribution in [0.1, 0.15) is 25.5 Å². The predicted octanol–water partition coefficient (Wildman–Crippen LogP) is 2.19. The Kier molecular flexibility index (Phi) is 4.00. The zero-order valence-electron chi connectivity index (χ0n) is 12.7. The van der Waals surface area contributed by atoms with Gasteiger partial charge in [0, 0.05) is 18.4 Å². The minimum absolute atomic E-state index is 0.235. The van der Waals surface area contributed by atoms with Gasteiger partial charge in [-0.3, -0.25) is 9.36 Å². The second-order valence-electron chi connectivity index (χ2n) is 5.53. The highest BCUT2D eigenvalue weighted by molar-refractivity contribution is 6.29. The number of aromatic nitrogens is 4. The van der Waals surface area contributed by atoms with Crippen LogP contribution in [0.15, 0.2) is 46.2 Å². The van der Waals surface area contributed by atoms with Gasteiger partial charge in [0.1, 0.15) is 5.15 Å². The van der Waals surface area contributed by atoms with Crippen LogP contribution in [0.2, 0.25) is 5.15 Å². The quantitative estimate of drug-likeness (QED) is 0.690. The highest BCUT2D eigenvalue weighted by Crippen LogP contribution is 2.16. The van der Waals surface area contributed by atoms with Crippen LogP contribution in [0.4, 0.5) is 0 Å². The molecule has 118 valence electrons. The van der Waals surface area contributed by atoms with E-state index < -0.39 is 5.69 Å². The standard InChI is InChI=1S/C16H15ClN4O2/c1-10(2)21-15(22)12-4-3-7-20(14(12)19-16(21)23)9-11-5-6-13(17)18-8-11/h3-8,10H,9H2,1-2H3. The van der Waals surface area contributed by atoms with E-state index in [0.29, 0.717) is 23.1 Å². The monoisotopic (exact) mass is 330 g/mol. The molecule has 23 heavy (non-hydrogen) atoms. The van der Waals surface area contributed by atoms with E-state index in [1.54, 1.807) is 49.0 Å². The zero-order valence-corrected chi connectivity index (χ0v) is 13.5. The van der Waals surface area contributed by atoms with Gasteiger partial charge in [-0.15, -0.1) is 0 Å². The van der Waals surface area contributed by atoms with E-state index in [1.165, 1.54) is 0 Å². The van der Waals surface area contributed by atoms with Crippen molar-refractivity contribution in [2.45, 2.75) is 26.4 Å². The molecule has 0 fully saturated rings. The van der Waals surface area contributed by atoms with Gasteiger partial charge < -0.3 is 4.57 Å². The number of halogens is 1. The Morgan fingerprint density at radius 2 is 2.00 bits per heavy atom. The van der Waals surface area contributed by atoms with Gasteiger partial charge in [0.05, 0.1) is 12.1 Å². The van der Waals surface area contributed by atoms with E-state index in [-0.39, 0.29) is 11.6 Å². The Labute approximate surface area is 137 Å². The number of fused-ring (bicyclic) bond motifs is 1. The van der Waals surface area contributed by atoms with Crippen LogP contribution in [0.3, 0.4) is 0 Å². The molecule has 1 aromatic heterocycles. The first-order chi connectivity index (χ1) is 11.0. The Hall–Kier alpha value is -2.47. The first kappa shape index (κ1) is 15.4. The topological polar surface area (TPSA) is 69.8 Å².